The van der Waals surface area contributed by atoms with Crippen LogP contribution in [0.3, 0.4) is 0 Å². The lowest BCUT2D eigenvalue weighted by molar-refractivity contribution is 0.0405. The zero-order valence-electron chi connectivity index (χ0n) is 21.3. The van der Waals surface area contributed by atoms with Crippen molar-refractivity contribution >= 4 is 16.3 Å². The number of nitrogens with one attached hydrogen (secondary N) is 1. The molecule has 0 aliphatic rings. The molecule has 0 radical (unpaired) electrons. The molecule has 1 atom stereocenters. The van der Waals surface area contributed by atoms with Gasteiger partial charge < -0.3 is 14.8 Å². The monoisotopic (exact) mass is 560 g/mol. The second-order valence-electron chi connectivity index (χ2n) is 10.5. The molecule has 1 aromatic heterocycles. The maximum atomic E-state index is 14.0. The predicted molar refractivity (Wildman–Crippen MR) is 129 cm³/mol. The van der Waals surface area contributed by atoms with E-state index in [1.54, 1.807) is 34.6 Å². The van der Waals surface area contributed by atoms with Gasteiger partial charge in [-0.05, 0) is 75.4 Å². The molecule has 0 unspecified atom stereocenters. The minimum Gasteiger partial charge on any atom is -0.490 e. The van der Waals surface area contributed by atoms with E-state index in [4.69, 9.17) is 9.47 Å². The molecule has 1 amide bonds. The number of aromatic nitrogens is 1. The number of alkyl carbamates (subject to hydrolysis) is 1. The quantitative estimate of drug-likeness (QED) is 0.311. The largest absolute Gasteiger partial charge is 0.490 e. The number of hydrogen-bond donors (Lipinski definition) is 1. The molecular weight excluding hydrogens is 529 g/mol. The highest BCUT2D eigenvalue weighted by molar-refractivity contribution is 8.45. The fraction of sp³-hybridized carbons (Fsp3) is 0.500. The van der Waals surface area contributed by atoms with Gasteiger partial charge in [-0.1, -0.05) is 39.3 Å². The van der Waals surface area contributed by atoms with Gasteiger partial charge >= 0.3 is 16.3 Å². The highest BCUT2D eigenvalue weighted by Gasteiger charge is 2.67. The highest BCUT2D eigenvalue weighted by atomic mass is 32.5. The number of nitrogens with zero attached hydrogens (tertiary/aromatic N) is 1. The minimum absolute atomic E-state index is 0.0586. The van der Waals surface area contributed by atoms with E-state index in [1.807, 2.05) is 0 Å². The molecule has 0 aliphatic carbocycles. The fourth-order valence-electron chi connectivity index (χ4n) is 3.69. The number of amides is 1. The normalized spacial score (nSPS) is 16.1. The van der Waals surface area contributed by atoms with Crippen LogP contribution in [-0.4, -0.2) is 28.8 Å². The Morgan fingerprint density at radius 2 is 1.59 bits per heavy atom. The Morgan fingerprint density at radius 1 is 1.00 bits per heavy atom. The standard InChI is InChI=1S/C24H31F7N2O3S/c1-15(2)13-24(6,33-22(34)36-23(3,4)5)14-35-19-8-7-16(12-20(19)37(27,28,29,30)31)17-9-10-32-18(11-17)21(25)26/h7-12,15,21H,13-14H2,1-6H3,(H,33,34)/t24-/m0/s1. The SMILES string of the molecule is CC(C)C[C@@](C)(COc1ccc(-c2ccnc(C(F)F)c2)cc1S(F)(F)(F)(F)F)NC(=O)OC(C)(C)C. The third kappa shape index (κ3) is 9.28. The number of carbonyl (C=O) groups is 1. The molecule has 0 spiro atoms. The van der Waals surface area contributed by atoms with Gasteiger partial charge in [0.05, 0.1) is 5.54 Å². The second-order valence-corrected chi connectivity index (χ2v) is 12.9. The molecule has 210 valence electrons. The summed E-state index contributed by atoms with van der Waals surface area (Å²) in [5.41, 5.74) is -3.38. The summed E-state index contributed by atoms with van der Waals surface area (Å²) in [6, 6.07) is 3.87. The molecule has 13 heteroatoms. The van der Waals surface area contributed by atoms with Crippen molar-refractivity contribution in [3.63, 3.8) is 0 Å². The molecule has 1 N–H and O–H groups in total. The number of pyridine rings is 1. The summed E-state index contributed by atoms with van der Waals surface area (Å²) in [6.45, 7) is 9.37. The van der Waals surface area contributed by atoms with E-state index in [9.17, 15) is 33.0 Å². The van der Waals surface area contributed by atoms with Crippen molar-refractivity contribution in [2.75, 3.05) is 6.61 Å². The zero-order chi connectivity index (χ0) is 28.5. The molecule has 5 nitrogen and oxygen atoms in total. The topological polar surface area (TPSA) is 60.5 Å². The molecular formula is C24H31F7N2O3S. The first-order chi connectivity index (χ1) is 16.5. The summed E-state index contributed by atoms with van der Waals surface area (Å²) in [5, 5.41) is 2.56. The lowest BCUT2D eigenvalue weighted by Crippen LogP contribution is -2.52. The number of benzene rings is 1. The van der Waals surface area contributed by atoms with Gasteiger partial charge in [0.1, 0.15) is 28.5 Å². The number of halogens is 7. The van der Waals surface area contributed by atoms with Crippen molar-refractivity contribution in [2.24, 2.45) is 5.92 Å². The maximum absolute atomic E-state index is 14.0. The molecule has 1 aromatic carbocycles. The Morgan fingerprint density at radius 3 is 2.11 bits per heavy atom. The van der Waals surface area contributed by atoms with Gasteiger partial charge in [-0.2, -0.15) is 0 Å². The number of rotatable bonds is 9. The van der Waals surface area contributed by atoms with Gasteiger partial charge in [-0.25, -0.2) is 13.6 Å². The van der Waals surface area contributed by atoms with E-state index in [2.05, 4.69) is 10.3 Å². The minimum atomic E-state index is -10.3. The van der Waals surface area contributed by atoms with Crippen LogP contribution in [0.4, 0.5) is 33.0 Å². The second kappa shape index (κ2) is 9.55. The molecule has 37 heavy (non-hydrogen) atoms. The lowest BCUT2D eigenvalue weighted by atomic mass is 9.91. The van der Waals surface area contributed by atoms with Crippen LogP contribution in [0.25, 0.3) is 11.1 Å². The number of hydrogen-bond acceptors (Lipinski definition) is 4. The van der Waals surface area contributed by atoms with E-state index in [0.29, 0.717) is 6.07 Å². The molecule has 0 fully saturated rings. The van der Waals surface area contributed by atoms with E-state index in [0.717, 1.165) is 24.4 Å². The molecule has 1 heterocycles. The third-order valence-corrected chi connectivity index (χ3v) is 6.06. The van der Waals surface area contributed by atoms with Gasteiger partial charge in [-0.15, -0.1) is 0 Å². The van der Waals surface area contributed by atoms with E-state index in [-0.39, 0.29) is 29.5 Å². The van der Waals surface area contributed by atoms with E-state index in [1.165, 1.54) is 6.92 Å². The Kier molecular flexibility index (Phi) is 7.88. The summed E-state index contributed by atoms with van der Waals surface area (Å²) < 4.78 is 107. The summed E-state index contributed by atoms with van der Waals surface area (Å²) in [7, 11) is -10.3. The van der Waals surface area contributed by atoms with Crippen molar-refractivity contribution in [1.29, 1.82) is 0 Å². The predicted octanol–water partition coefficient (Wildman–Crippen LogP) is 9.05. The van der Waals surface area contributed by atoms with Crippen LogP contribution in [0, 0.1) is 5.92 Å². The average Bonchev–Trinajstić information content (AvgIpc) is 2.68. The summed E-state index contributed by atoms with van der Waals surface area (Å²) in [4.78, 5) is 13.4. The molecule has 2 rings (SSSR count). The molecule has 2 aromatic rings. The van der Waals surface area contributed by atoms with Crippen molar-refractivity contribution in [3.8, 4) is 16.9 Å². The molecule has 0 bridgehead atoms. The van der Waals surface area contributed by atoms with Crippen LogP contribution in [0.15, 0.2) is 41.4 Å². The van der Waals surface area contributed by atoms with Crippen LogP contribution in [0.2, 0.25) is 0 Å². The number of ether oxygens (including phenoxy) is 2. The first-order valence-corrected chi connectivity index (χ1v) is 13.2. The summed E-state index contributed by atoms with van der Waals surface area (Å²) in [6.07, 6.45) is -2.69. The number of alkyl halides is 2. The maximum Gasteiger partial charge on any atom is 0.408 e. The van der Waals surface area contributed by atoms with Gasteiger partial charge in [0.15, 0.2) is 0 Å². The lowest BCUT2D eigenvalue weighted by Gasteiger charge is -2.42. The molecule has 0 aliphatic heterocycles. The molecule has 0 saturated heterocycles. The Bertz CT molecular complexity index is 1140. The van der Waals surface area contributed by atoms with Gasteiger partial charge in [0.25, 0.3) is 6.43 Å². The number of carbonyl (C=O) groups excluding carboxylic acids is 1. The van der Waals surface area contributed by atoms with Crippen LogP contribution in [-0.2, 0) is 4.74 Å². The fourth-order valence-corrected chi connectivity index (χ4v) is 4.55. The molecule has 0 saturated carbocycles. The van der Waals surface area contributed by atoms with Gasteiger partial charge in [0.2, 0.25) is 0 Å². The zero-order valence-corrected chi connectivity index (χ0v) is 22.1. The average molecular weight is 561 g/mol. The van der Waals surface area contributed by atoms with Crippen LogP contribution in [0.1, 0.15) is 60.1 Å². The highest BCUT2D eigenvalue weighted by Crippen LogP contribution is 3.03. The summed E-state index contributed by atoms with van der Waals surface area (Å²) in [5.74, 6) is -1.22. The van der Waals surface area contributed by atoms with Crippen molar-refractivity contribution in [3.05, 3.63) is 42.2 Å². The Hall–Kier alpha value is -2.70. The van der Waals surface area contributed by atoms with E-state index < -0.39 is 56.8 Å². The third-order valence-electron chi connectivity index (χ3n) is 4.91. The Labute approximate surface area is 211 Å². The Balaban J connectivity index is 2.48. The van der Waals surface area contributed by atoms with Crippen molar-refractivity contribution in [1.82, 2.24) is 10.3 Å². The van der Waals surface area contributed by atoms with Crippen molar-refractivity contribution < 1.29 is 42.5 Å². The smallest absolute Gasteiger partial charge is 0.408 e. The summed E-state index contributed by atoms with van der Waals surface area (Å²) >= 11 is 0. The van der Waals surface area contributed by atoms with Crippen LogP contribution in [0.5, 0.6) is 5.75 Å². The van der Waals surface area contributed by atoms with E-state index >= 15 is 0 Å². The van der Waals surface area contributed by atoms with Crippen molar-refractivity contribution in [2.45, 2.75) is 70.4 Å². The first-order valence-electron chi connectivity index (χ1n) is 11.2. The van der Waals surface area contributed by atoms with Crippen LogP contribution >= 0.6 is 10.2 Å². The van der Waals surface area contributed by atoms with Gasteiger partial charge in [0, 0.05) is 6.20 Å². The van der Waals surface area contributed by atoms with Crippen LogP contribution < -0.4 is 10.1 Å². The first kappa shape index (κ1) is 30.5. The van der Waals surface area contributed by atoms with Gasteiger partial charge in [-0.3, -0.25) is 4.98 Å².